The molecule has 21 heavy (non-hydrogen) atoms. The molecule has 0 atom stereocenters. The van der Waals surface area contributed by atoms with Gasteiger partial charge < -0.3 is 9.80 Å². The van der Waals surface area contributed by atoms with E-state index in [1.807, 2.05) is 11.0 Å². The summed E-state index contributed by atoms with van der Waals surface area (Å²) in [5, 5.41) is 0. The maximum absolute atomic E-state index is 12.2. The molecule has 0 aliphatic carbocycles. The molecule has 2 heterocycles. The summed E-state index contributed by atoms with van der Waals surface area (Å²) in [4.78, 5) is 24.0. The van der Waals surface area contributed by atoms with Crippen molar-refractivity contribution in [2.24, 2.45) is 5.41 Å². The largest absolute Gasteiger partial charge is 0.353 e. The first-order valence-corrected chi connectivity index (χ1v) is 7.25. The van der Waals surface area contributed by atoms with Gasteiger partial charge in [0.25, 0.3) is 0 Å². The van der Waals surface area contributed by atoms with Gasteiger partial charge in [0.1, 0.15) is 5.82 Å². The second kappa shape index (κ2) is 6.13. The van der Waals surface area contributed by atoms with Crippen molar-refractivity contribution in [3.8, 4) is 0 Å². The summed E-state index contributed by atoms with van der Waals surface area (Å²) >= 11 is 0. The Labute approximate surface area is 126 Å². The number of amides is 1. The topological polar surface area (TPSA) is 40.8 Å². The number of anilines is 1. The normalized spacial score (nSPS) is 15.7. The van der Waals surface area contributed by atoms with E-state index in [1.54, 1.807) is 12.3 Å². The van der Waals surface area contributed by atoms with Crippen LogP contribution in [-0.2, 0) is 4.79 Å². The Morgan fingerprint density at radius 1 is 1.29 bits per heavy atom. The first-order chi connectivity index (χ1) is 9.89. The predicted molar refractivity (Wildman–Crippen MR) is 83.4 cm³/mol. The summed E-state index contributed by atoms with van der Waals surface area (Å²) in [7, 11) is 0. The second-order valence-corrected chi connectivity index (χ2v) is 6.59. The molecule has 0 saturated carbocycles. The standard InChI is InChI=1S/C16H22N4O/c1-16(2,3)11-15(21)20-9-7-19(8-10-20)14-6-5-13(17-4)12-18-14/h5-6,12H,7-11H2,1-3H3. The Morgan fingerprint density at radius 2 is 1.95 bits per heavy atom. The zero-order valence-corrected chi connectivity index (χ0v) is 13.0. The van der Waals surface area contributed by atoms with Crippen LogP contribution in [0.4, 0.5) is 11.5 Å². The molecule has 2 rings (SSSR count). The lowest BCUT2D eigenvalue weighted by Crippen LogP contribution is -2.49. The molecule has 1 aromatic rings. The van der Waals surface area contributed by atoms with Crippen molar-refractivity contribution < 1.29 is 4.79 Å². The van der Waals surface area contributed by atoms with Crippen LogP contribution >= 0.6 is 0 Å². The van der Waals surface area contributed by atoms with Gasteiger partial charge in [0.15, 0.2) is 0 Å². The van der Waals surface area contributed by atoms with E-state index in [0.717, 1.165) is 32.0 Å². The number of aromatic nitrogens is 1. The van der Waals surface area contributed by atoms with Crippen LogP contribution in [-0.4, -0.2) is 42.0 Å². The van der Waals surface area contributed by atoms with Crippen molar-refractivity contribution in [3.63, 3.8) is 0 Å². The monoisotopic (exact) mass is 286 g/mol. The minimum Gasteiger partial charge on any atom is -0.353 e. The summed E-state index contributed by atoms with van der Waals surface area (Å²) < 4.78 is 0. The number of carbonyl (C=O) groups is 1. The van der Waals surface area contributed by atoms with E-state index in [9.17, 15) is 4.79 Å². The first-order valence-electron chi connectivity index (χ1n) is 7.25. The molecule has 5 nitrogen and oxygen atoms in total. The third kappa shape index (κ3) is 4.19. The van der Waals surface area contributed by atoms with E-state index in [0.29, 0.717) is 12.1 Å². The number of nitrogens with zero attached hydrogens (tertiary/aromatic N) is 4. The number of pyridine rings is 1. The van der Waals surface area contributed by atoms with Crippen LogP contribution in [0.25, 0.3) is 4.85 Å². The van der Waals surface area contributed by atoms with Crippen molar-refractivity contribution in [3.05, 3.63) is 29.7 Å². The van der Waals surface area contributed by atoms with Crippen LogP contribution in [0.2, 0.25) is 0 Å². The van der Waals surface area contributed by atoms with Gasteiger partial charge in [-0.3, -0.25) is 9.78 Å². The number of rotatable bonds is 2. The van der Waals surface area contributed by atoms with Crippen LogP contribution < -0.4 is 4.90 Å². The Kier molecular flexibility index (Phi) is 4.46. The van der Waals surface area contributed by atoms with Gasteiger partial charge in [0.2, 0.25) is 11.6 Å². The lowest BCUT2D eigenvalue weighted by molar-refractivity contribution is -0.133. The van der Waals surface area contributed by atoms with E-state index in [4.69, 9.17) is 6.57 Å². The van der Waals surface area contributed by atoms with Crippen LogP contribution in [0, 0.1) is 12.0 Å². The van der Waals surface area contributed by atoms with E-state index < -0.39 is 0 Å². The van der Waals surface area contributed by atoms with Gasteiger partial charge >= 0.3 is 0 Å². The smallest absolute Gasteiger partial charge is 0.223 e. The second-order valence-electron chi connectivity index (χ2n) is 6.59. The third-order valence-corrected chi connectivity index (χ3v) is 3.50. The fraction of sp³-hybridized carbons (Fsp3) is 0.562. The molecule has 0 aromatic carbocycles. The van der Waals surface area contributed by atoms with Crippen molar-refractivity contribution in [1.29, 1.82) is 0 Å². The summed E-state index contributed by atoms with van der Waals surface area (Å²) in [5.74, 6) is 1.11. The highest BCUT2D eigenvalue weighted by atomic mass is 16.2. The Hall–Kier alpha value is -2.09. The van der Waals surface area contributed by atoms with E-state index in [2.05, 4.69) is 35.5 Å². The van der Waals surface area contributed by atoms with E-state index in [1.165, 1.54) is 0 Å². The van der Waals surface area contributed by atoms with E-state index in [-0.39, 0.29) is 11.3 Å². The van der Waals surface area contributed by atoms with Crippen LogP contribution in [0.3, 0.4) is 0 Å². The van der Waals surface area contributed by atoms with Crippen LogP contribution in [0.1, 0.15) is 27.2 Å². The van der Waals surface area contributed by atoms with Gasteiger partial charge in [0, 0.05) is 38.8 Å². The highest BCUT2D eigenvalue weighted by Crippen LogP contribution is 2.22. The molecule has 1 fully saturated rings. The third-order valence-electron chi connectivity index (χ3n) is 3.50. The molecule has 1 aliphatic rings. The summed E-state index contributed by atoms with van der Waals surface area (Å²) in [5.41, 5.74) is 0.587. The molecule has 0 bridgehead atoms. The number of hydrogen-bond acceptors (Lipinski definition) is 3. The van der Waals surface area contributed by atoms with Crippen LogP contribution in [0.15, 0.2) is 18.3 Å². The molecule has 1 saturated heterocycles. The number of hydrogen-bond donors (Lipinski definition) is 0. The molecule has 1 aromatic heterocycles. The lowest BCUT2D eigenvalue weighted by atomic mass is 9.91. The Bertz CT molecular complexity index is 531. The molecule has 112 valence electrons. The quantitative estimate of drug-likeness (QED) is 0.785. The number of piperazine rings is 1. The van der Waals surface area contributed by atoms with Gasteiger partial charge in [-0.2, -0.15) is 0 Å². The lowest BCUT2D eigenvalue weighted by Gasteiger charge is -2.36. The molecule has 0 N–H and O–H groups in total. The molecule has 0 unspecified atom stereocenters. The molecule has 5 heteroatoms. The Morgan fingerprint density at radius 3 is 2.43 bits per heavy atom. The van der Waals surface area contributed by atoms with Gasteiger partial charge in [-0.25, -0.2) is 4.85 Å². The van der Waals surface area contributed by atoms with Crippen molar-refractivity contribution in [1.82, 2.24) is 9.88 Å². The SMILES string of the molecule is [C-]#[N+]c1ccc(N2CCN(C(=O)CC(C)(C)C)CC2)nc1. The number of carbonyl (C=O) groups excluding carboxylic acids is 1. The zero-order valence-electron chi connectivity index (χ0n) is 13.0. The van der Waals surface area contributed by atoms with Gasteiger partial charge in [-0.15, -0.1) is 0 Å². The van der Waals surface area contributed by atoms with Gasteiger partial charge in [-0.05, 0) is 11.5 Å². The molecule has 0 spiro atoms. The van der Waals surface area contributed by atoms with Gasteiger partial charge in [0.05, 0.1) is 6.57 Å². The molecular weight excluding hydrogens is 264 g/mol. The first kappa shape index (κ1) is 15.3. The molecule has 1 amide bonds. The Balaban J connectivity index is 1.91. The van der Waals surface area contributed by atoms with Gasteiger partial charge in [-0.1, -0.05) is 26.8 Å². The van der Waals surface area contributed by atoms with Crippen molar-refractivity contribution in [2.45, 2.75) is 27.2 Å². The maximum atomic E-state index is 12.2. The van der Waals surface area contributed by atoms with Crippen LogP contribution in [0.5, 0.6) is 0 Å². The molecule has 0 radical (unpaired) electrons. The minimum atomic E-state index is 0.0331. The highest BCUT2D eigenvalue weighted by molar-refractivity contribution is 5.77. The average Bonchev–Trinajstić information content (AvgIpc) is 2.46. The maximum Gasteiger partial charge on any atom is 0.223 e. The average molecular weight is 286 g/mol. The fourth-order valence-corrected chi connectivity index (χ4v) is 2.38. The summed E-state index contributed by atoms with van der Waals surface area (Å²) in [6.07, 6.45) is 2.18. The van der Waals surface area contributed by atoms with E-state index >= 15 is 0 Å². The predicted octanol–water partition coefficient (Wildman–Crippen LogP) is 2.72. The molecule has 1 aliphatic heterocycles. The minimum absolute atomic E-state index is 0.0331. The fourth-order valence-electron chi connectivity index (χ4n) is 2.38. The van der Waals surface area contributed by atoms with Crippen molar-refractivity contribution in [2.75, 3.05) is 31.1 Å². The molecular formula is C16H22N4O. The van der Waals surface area contributed by atoms with Crippen molar-refractivity contribution >= 4 is 17.4 Å². The summed E-state index contributed by atoms with van der Waals surface area (Å²) in [6.45, 7) is 16.3. The summed E-state index contributed by atoms with van der Waals surface area (Å²) in [6, 6.07) is 3.66. The zero-order chi connectivity index (χ0) is 15.5. The highest BCUT2D eigenvalue weighted by Gasteiger charge is 2.25.